The number of hydrogen-bond donors (Lipinski definition) is 0. The number of halogens is 1. The third kappa shape index (κ3) is 1.58. The van der Waals surface area contributed by atoms with Gasteiger partial charge in [0.15, 0.2) is 0 Å². The number of aryl methyl sites for hydroxylation is 1. The first-order valence-electron chi connectivity index (χ1n) is 8.06. The fraction of sp³-hybridized carbons (Fsp3) is 0.579. The van der Waals surface area contributed by atoms with Gasteiger partial charge in [0.2, 0.25) is 0 Å². The molecule has 1 heteroatoms. The predicted octanol–water partition coefficient (Wildman–Crippen LogP) is 5.24. The van der Waals surface area contributed by atoms with Gasteiger partial charge in [0.05, 0.1) is 0 Å². The summed E-state index contributed by atoms with van der Waals surface area (Å²) in [6.45, 7) is 6.80. The topological polar surface area (TPSA) is 0 Å². The Morgan fingerprint density at radius 2 is 2.05 bits per heavy atom. The van der Waals surface area contributed by atoms with E-state index >= 15 is 0 Å². The molecule has 0 aromatic heterocycles. The summed E-state index contributed by atoms with van der Waals surface area (Å²) in [6.07, 6.45) is 7.39. The second kappa shape index (κ2) is 4.19. The van der Waals surface area contributed by atoms with Crippen molar-refractivity contribution in [2.45, 2.75) is 51.4 Å². The van der Waals surface area contributed by atoms with Gasteiger partial charge < -0.3 is 0 Å². The van der Waals surface area contributed by atoms with Crippen LogP contribution in [0.25, 0.3) is 0 Å². The van der Waals surface area contributed by atoms with Gasteiger partial charge in [-0.3, -0.25) is 0 Å². The molecule has 0 nitrogen and oxygen atoms in total. The maximum absolute atomic E-state index is 13.4. The van der Waals surface area contributed by atoms with Crippen LogP contribution in [0.15, 0.2) is 30.4 Å². The van der Waals surface area contributed by atoms with Crippen molar-refractivity contribution in [1.82, 2.24) is 0 Å². The van der Waals surface area contributed by atoms with Crippen LogP contribution >= 0.6 is 0 Å². The molecule has 1 aromatic rings. The molecule has 2 saturated carbocycles. The molecular formula is C19H23F. The Morgan fingerprint density at radius 3 is 2.90 bits per heavy atom. The van der Waals surface area contributed by atoms with Crippen LogP contribution in [0.1, 0.15) is 56.1 Å². The van der Waals surface area contributed by atoms with E-state index in [1.165, 1.54) is 48.8 Å². The lowest BCUT2D eigenvalue weighted by molar-refractivity contribution is 0.0816. The van der Waals surface area contributed by atoms with Crippen molar-refractivity contribution in [3.8, 4) is 0 Å². The molecule has 0 spiro atoms. The van der Waals surface area contributed by atoms with Gasteiger partial charge in [0.25, 0.3) is 0 Å². The van der Waals surface area contributed by atoms with Crippen molar-refractivity contribution < 1.29 is 4.39 Å². The maximum Gasteiger partial charge on any atom is 0.123 e. The molecule has 0 unspecified atom stereocenters. The van der Waals surface area contributed by atoms with E-state index in [-0.39, 0.29) is 5.82 Å². The molecule has 4 rings (SSSR count). The summed E-state index contributed by atoms with van der Waals surface area (Å²) in [4.78, 5) is 0. The van der Waals surface area contributed by atoms with Crippen LogP contribution in [0.2, 0.25) is 0 Å². The number of benzene rings is 1. The molecule has 0 radical (unpaired) electrons. The monoisotopic (exact) mass is 270 g/mol. The summed E-state index contributed by atoms with van der Waals surface area (Å²) in [5.41, 5.74) is 4.60. The predicted molar refractivity (Wildman–Crippen MR) is 80.2 cm³/mol. The van der Waals surface area contributed by atoms with Crippen molar-refractivity contribution >= 4 is 0 Å². The van der Waals surface area contributed by atoms with Crippen LogP contribution in [-0.4, -0.2) is 0 Å². The molecule has 3 aliphatic rings. The largest absolute Gasteiger partial charge is 0.207 e. The van der Waals surface area contributed by atoms with Gasteiger partial charge in [-0.25, -0.2) is 4.39 Å². The molecule has 20 heavy (non-hydrogen) atoms. The minimum atomic E-state index is -0.0721. The molecule has 106 valence electrons. The molecule has 4 atom stereocenters. The van der Waals surface area contributed by atoms with Gasteiger partial charge in [-0.05, 0) is 85.0 Å². The number of allylic oxidation sites excluding steroid dienone is 1. The van der Waals surface area contributed by atoms with Crippen LogP contribution in [0.5, 0.6) is 0 Å². The fourth-order valence-electron chi connectivity index (χ4n) is 5.46. The van der Waals surface area contributed by atoms with Crippen molar-refractivity contribution in [3.63, 3.8) is 0 Å². The Labute approximate surface area is 121 Å². The van der Waals surface area contributed by atoms with Crippen LogP contribution in [0.4, 0.5) is 4.39 Å². The molecule has 0 aliphatic heterocycles. The Balaban J connectivity index is 1.73. The second-order valence-electron chi connectivity index (χ2n) is 7.36. The summed E-state index contributed by atoms with van der Waals surface area (Å²) in [7, 11) is 0. The summed E-state index contributed by atoms with van der Waals surface area (Å²) < 4.78 is 13.4. The highest BCUT2D eigenvalue weighted by molar-refractivity contribution is 5.36. The maximum atomic E-state index is 13.4. The summed E-state index contributed by atoms with van der Waals surface area (Å²) in [6, 6.07) is 5.49. The Morgan fingerprint density at radius 1 is 1.20 bits per heavy atom. The zero-order valence-electron chi connectivity index (χ0n) is 12.3. The normalized spacial score (nSPS) is 39.1. The van der Waals surface area contributed by atoms with Gasteiger partial charge >= 0.3 is 0 Å². The zero-order chi connectivity index (χ0) is 13.9. The molecule has 1 aromatic carbocycles. The third-order valence-electron chi connectivity index (χ3n) is 6.64. The first-order chi connectivity index (χ1) is 9.59. The molecule has 0 N–H and O–H groups in total. The van der Waals surface area contributed by atoms with E-state index in [0.717, 1.165) is 18.3 Å². The standard InChI is InChI=1S/C19H23F/c1-12-3-8-18-17-6-4-13-11-14(20)5-7-15(13)16(17)9-10-19(12,18)2/h5,7,11,16-18H,1,3-4,6,8-10H2,2H3/t16-,17-,18+,19-/m1/s1. The second-order valence-corrected chi connectivity index (χ2v) is 7.36. The van der Waals surface area contributed by atoms with Crippen molar-refractivity contribution in [1.29, 1.82) is 0 Å². The van der Waals surface area contributed by atoms with E-state index in [4.69, 9.17) is 0 Å². The Hall–Kier alpha value is -1.11. The van der Waals surface area contributed by atoms with Crippen molar-refractivity contribution in [3.05, 3.63) is 47.3 Å². The molecule has 0 heterocycles. The fourth-order valence-corrected chi connectivity index (χ4v) is 5.46. The smallest absolute Gasteiger partial charge is 0.123 e. The molecule has 0 bridgehead atoms. The van der Waals surface area contributed by atoms with Gasteiger partial charge in [-0.2, -0.15) is 0 Å². The third-order valence-corrected chi connectivity index (χ3v) is 6.64. The van der Waals surface area contributed by atoms with Gasteiger partial charge in [0, 0.05) is 0 Å². The quantitative estimate of drug-likeness (QED) is 0.566. The zero-order valence-corrected chi connectivity index (χ0v) is 12.3. The number of fused-ring (bicyclic) bond motifs is 5. The van der Waals surface area contributed by atoms with Crippen LogP contribution in [0, 0.1) is 23.1 Å². The van der Waals surface area contributed by atoms with E-state index < -0.39 is 0 Å². The SMILES string of the molecule is C=C1CC[C@H]2[C@@H]3CCc4cc(F)ccc4[C@H]3CC[C@]12C. The lowest BCUT2D eigenvalue weighted by atomic mass is 9.55. The Kier molecular flexibility index (Phi) is 2.64. The minimum absolute atomic E-state index is 0.0721. The summed E-state index contributed by atoms with van der Waals surface area (Å²) in [5, 5.41) is 0. The lowest BCUT2D eigenvalue weighted by Gasteiger charge is -2.49. The highest BCUT2D eigenvalue weighted by Gasteiger charge is 2.51. The number of hydrogen-bond acceptors (Lipinski definition) is 0. The van der Waals surface area contributed by atoms with E-state index in [1.807, 2.05) is 0 Å². The first-order valence-corrected chi connectivity index (χ1v) is 8.06. The average molecular weight is 270 g/mol. The average Bonchev–Trinajstić information content (AvgIpc) is 2.74. The molecule has 0 saturated heterocycles. The van der Waals surface area contributed by atoms with Gasteiger partial charge in [0.1, 0.15) is 5.82 Å². The van der Waals surface area contributed by atoms with Crippen LogP contribution in [0.3, 0.4) is 0 Å². The van der Waals surface area contributed by atoms with Gasteiger partial charge in [-0.1, -0.05) is 25.1 Å². The first kappa shape index (κ1) is 12.6. The number of rotatable bonds is 0. The molecule has 2 fully saturated rings. The Bertz CT molecular complexity index is 573. The van der Waals surface area contributed by atoms with E-state index in [0.29, 0.717) is 11.3 Å². The van der Waals surface area contributed by atoms with Gasteiger partial charge in [-0.15, -0.1) is 0 Å². The van der Waals surface area contributed by atoms with E-state index in [9.17, 15) is 4.39 Å². The molecule has 3 aliphatic carbocycles. The van der Waals surface area contributed by atoms with Crippen molar-refractivity contribution in [2.75, 3.05) is 0 Å². The summed E-state index contributed by atoms with van der Waals surface area (Å²) in [5.74, 6) is 2.21. The van der Waals surface area contributed by atoms with Crippen LogP contribution in [-0.2, 0) is 6.42 Å². The molecule has 0 amide bonds. The minimum Gasteiger partial charge on any atom is -0.207 e. The van der Waals surface area contributed by atoms with Crippen molar-refractivity contribution in [2.24, 2.45) is 17.3 Å². The summed E-state index contributed by atoms with van der Waals surface area (Å²) >= 11 is 0. The lowest BCUT2D eigenvalue weighted by Crippen LogP contribution is -2.40. The van der Waals surface area contributed by atoms with E-state index in [1.54, 1.807) is 12.1 Å². The highest BCUT2D eigenvalue weighted by atomic mass is 19.1. The van der Waals surface area contributed by atoms with Crippen LogP contribution < -0.4 is 0 Å². The van der Waals surface area contributed by atoms with E-state index in [2.05, 4.69) is 19.6 Å². The highest BCUT2D eigenvalue weighted by Crippen LogP contribution is 2.62. The molecular weight excluding hydrogens is 247 g/mol.